The van der Waals surface area contributed by atoms with Crippen LogP contribution in [0.1, 0.15) is 28.8 Å². The van der Waals surface area contributed by atoms with Crippen molar-refractivity contribution in [3.8, 4) is 5.75 Å². The third-order valence-corrected chi connectivity index (χ3v) is 3.87. The highest BCUT2D eigenvalue weighted by Crippen LogP contribution is 2.25. The molecule has 1 aromatic carbocycles. The van der Waals surface area contributed by atoms with Crippen LogP contribution in [-0.2, 0) is 11.2 Å². The van der Waals surface area contributed by atoms with Gasteiger partial charge in [0.2, 0.25) is 5.91 Å². The largest absolute Gasteiger partial charge is 0.496 e. The number of likely N-dealkylation sites (tertiary alicyclic amines) is 1. The van der Waals surface area contributed by atoms with Crippen LogP contribution < -0.4 is 10.5 Å². The van der Waals surface area contributed by atoms with E-state index in [1.807, 2.05) is 4.90 Å². The van der Waals surface area contributed by atoms with Gasteiger partial charge in [-0.15, -0.1) is 0 Å². The van der Waals surface area contributed by atoms with Gasteiger partial charge in [-0.3, -0.25) is 9.69 Å². The van der Waals surface area contributed by atoms with Gasteiger partial charge in [0.05, 0.1) is 13.2 Å². The molecular formula is C15H20N2O4. The summed E-state index contributed by atoms with van der Waals surface area (Å²) in [7, 11) is 1.43. The van der Waals surface area contributed by atoms with Gasteiger partial charge < -0.3 is 15.6 Å². The number of carboxylic acids is 1. The lowest BCUT2D eigenvalue weighted by Crippen LogP contribution is -2.44. The van der Waals surface area contributed by atoms with Crippen LogP contribution in [-0.4, -0.2) is 48.1 Å². The predicted octanol–water partition coefficient (Wildman–Crippen LogP) is 0.886. The zero-order valence-corrected chi connectivity index (χ0v) is 12.0. The molecule has 3 N–H and O–H groups in total. The summed E-state index contributed by atoms with van der Waals surface area (Å²) in [5.74, 6) is -1.19. The summed E-state index contributed by atoms with van der Waals surface area (Å²) in [6, 6.07) is 4.56. The molecule has 0 radical (unpaired) electrons. The zero-order chi connectivity index (χ0) is 15.4. The Labute approximate surface area is 123 Å². The number of amides is 1. The molecule has 0 saturated carbocycles. The number of nitrogens with two attached hydrogens (primary N) is 1. The maximum absolute atomic E-state index is 11.7. The lowest BCUT2D eigenvalue weighted by Gasteiger charge is -2.25. The highest BCUT2D eigenvalue weighted by atomic mass is 16.5. The van der Waals surface area contributed by atoms with E-state index in [1.54, 1.807) is 18.2 Å². The molecule has 6 heteroatoms. The smallest absolute Gasteiger partial charge is 0.339 e. The second-order valence-corrected chi connectivity index (χ2v) is 5.16. The molecule has 21 heavy (non-hydrogen) atoms. The van der Waals surface area contributed by atoms with Crippen molar-refractivity contribution in [2.75, 3.05) is 20.2 Å². The molecule has 1 aliphatic rings. The minimum absolute atomic E-state index is 0.102. The van der Waals surface area contributed by atoms with E-state index in [2.05, 4.69) is 0 Å². The van der Waals surface area contributed by atoms with Gasteiger partial charge in [-0.25, -0.2) is 4.79 Å². The van der Waals surface area contributed by atoms with Crippen molar-refractivity contribution < 1.29 is 19.4 Å². The fourth-order valence-electron chi connectivity index (χ4n) is 2.83. The van der Waals surface area contributed by atoms with Crippen LogP contribution in [0.5, 0.6) is 5.75 Å². The summed E-state index contributed by atoms with van der Waals surface area (Å²) in [6.07, 6.45) is 2.36. The Balaban J connectivity index is 2.32. The van der Waals surface area contributed by atoms with Crippen molar-refractivity contribution in [2.45, 2.75) is 25.3 Å². The molecule has 2 rings (SSSR count). The van der Waals surface area contributed by atoms with Crippen LogP contribution in [0.25, 0.3) is 0 Å². The lowest BCUT2D eigenvalue weighted by molar-refractivity contribution is -0.122. The summed E-state index contributed by atoms with van der Waals surface area (Å²) in [4.78, 5) is 25.2. The summed E-state index contributed by atoms with van der Waals surface area (Å²) in [5, 5.41) is 9.38. The number of aromatic carboxylic acids is 1. The maximum Gasteiger partial charge on any atom is 0.339 e. The van der Waals surface area contributed by atoms with Crippen molar-refractivity contribution in [3.05, 3.63) is 29.3 Å². The second kappa shape index (κ2) is 6.58. The number of hydrogen-bond donors (Lipinski definition) is 2. The number of carboxylic acid groups (broad SMARTS) is 1. The lowest BCUT2D eigenvalue weighted by atomic mass is 9.98. The molecule has 1 saturated heterocycles. The fourth-order valence-corrected chi connectivity index (χ4v) is 2.83. The van der Waals surface area contributed by atoms with Gasteiger partial charge in [0.25, 0.3) is 0 Å². The molecule has 1 atom stereocenters. The minimum atomic E-state index is -1.06. The Bertz CT molecular complexity index is 538. The molecule has 1 aromatic rings. The summed E-state index contributed by atoms with van der Waals surface area (Å²) in [5.41, 5.74) is 6.17. The molecule has 1 fully saturated rings. The molecule has 1 aliphatic heterocycles. The standard InChI is InChI=1S/C15H20N2O4/c1-21-12-6-4-5-10(13(12)15(19)20)9-11(14(16)18)17-7-2-3-8-17/h4-6,11H,2-3,7-9H2,1H3,(H2,16,18)(H,19,20). The number of benzene rings is 1. The van der Waals surface area contributed by atoms with Gasteiger partial charge in [-0.1, -0.05) is 12.1 Å². The van der Waals surface area contributed by atoms with Crippen LogP contribution in [0.15, 0.2) is 18.2 Å². The highest BCUT2D eigenvalue weighted by molar-refractivity contribution is 5.93. The number of nitrogens with zero attached hydrogens (tertiary/aromatic N) is 1. The van der Waals surface area contributed by atoms with E-state index in [0.29, 0.717) is 11.3 Å². The van der Waals surface area contributed by atoms with Crippen LogP contribution in [0, 0.1) is 0 Å². The number of methoxy groups -OCH3 is 1. The zero-order valence-electron chi connectivity index (χ0n) is 12.0. The van der Waals surface area contributed by atoms with Crippen molar-refractivity contribution in [1.29, 1.82) is 0 Å². The normalized spacial score (nSPS) is 16.6. The molecule has 0 spiro atoms. The van der Waals surface area contributed by atoms with E-state index in [-0.39, 0.29) is 12.0 Å². The Morgan fingerprint density at radius 3 is 2.57 bits per heavy atom. The number of carbonyl (C=O) groups excluding carboxylic acids is 1. The first-order valence-corrected chi connectivity index (χ1v) is 6.97. The van der Waals surface area contributed by atoms with Gasteiger partial charge in [0, 0.05) is 0 Å². The third-order valence-electron chi connectivity index (χ3n) is 3.87. The SMILES string of the molecule is COc1cccc(CC(C(N)=O)N2CCCC2)c1C(=O)O. The van der Waals surface area contributed by atoms with Crippen molar-refractivity contribution in [1.82, 2.24) is 4.90 Å². The average molecular weight is 292 g/mol. The number of hydrogen-bond acceptors (Lipinski definition) is 4. The fraction of sp³-hybridized carbons (Fsp3) is 0.467. The summed E-state index contributed by atoms with van der Waals surface area (Å²) in [6.45, 7) is 1.64. The molecule has 114 valence electrons. The number of carbonyl (C=O) groups is 2. The molecule has 6 nitrogen and oxygen atoms in total. The van der Waals surface area contributed by atoms with E-state index in [4.69, 9.17) is 10.5 Å². The van der Waals surface area contributed by atoms with E-state index in [9.17, 15) is 14.7 Å². The van der Waals surface area contributed by atoms with Crippen LogP contribution in [0.2, 0.25) is 0 Å². The highest BCUT2D eigenvalue weighted by Gasteiger charge is 2.28. The topological polar surface area (TPSA) is 92.9 Å². The number of rotatable bonds is 6. The van der Waals surface area contributed by atoms with Crippen molar-refractivity contribution in [3.63, 3.8) is 0 Å². The van der Waals surface area contributed by atoms with Crippen molar-refractivity contribution >= 4 is 11.9 Å². The average Bonchev–Trinajstić information content (AvgIpc) is 2.97. The minimum Gasteiger partial charge on any atom is -0.496 e. The molecule has 0 bridgehead atoms. The van der Waals surface area contributed by atoms with Gasteiger partial charge in [-0.2, -0.15) is 0 Å². The third kappa shape index (κ3) is 3.33. The Morgan fingerprint density at radius 2 is 2.05 bits per heavy atom. The van der Waals surface area contributed by atoms with Gasteiger partial charge in [-0.05, 0) is 44.0 Å². The molecule has 1 heterocycles. The molecule has 1 amide bonds. The van der Waals surface area contributed by atoms with Crippen molar-refractivity contribution in [2.24, 2.45) is 5.73 Å². The Hall–Kier alpha value is -2.08. The molecule has 0 aromatic heterocycles. The first-order chi connectivity index (χ1) is 10.0. The van der Waals surface area contributed by atoms with Crippen LogP contribution >= 0.6 is 0 Å². The maximum atomic E-state index is 11.7. The first kappa shape index (κ1) is 15.3. The Morgan fingerprint density at radius 1 is 1.38 bits per heavy atom. The summed E-state index contributed by atoms with van der Waals surface area (Å²) < 4.78 is 5.10. The summed E-state index contributed by atoms with van der Waals surface area (Å²) >= 11 is 0. The van der Waals surface area contributed by atoms with E-state index in [1.165, 1.54) is 7.11 Å². The molecule has 0 aliphatic carbocycles. The van der Waals surface area contributed by atoms with Gasteiger partial charge in [0.1, 0.15) is 11.3 Å². The van der Waals surface area contributed by atoms with Crippen LogP contribution in [0.4, 0.5) is 0 Å². The number of primary amides is 1. The second-order valence-electron chi connectivity index (χ2n) is 5.16. The number of ether oxygens (including phenoxy) is 1. The van der Waals surface area contributed by atoms with Crippen LogP contribution in [0.3, 0.4) is 0 Å². The van der Waals surface area contributed by atoms with Gasteiger partial charge >= 0.3 is 5.97 Å². The monoisotopic (exact) mass is 292 g/mol. The molecular weight excluding hydrogens is 272 g/mol. The van der Waals surface area contributed by atoms with E-state index < -0.39 is 17.9 Å². The predicted molar refractivity (Wildman–Crippen MR) is 77.4 cm³/mol. The first-order valence-electron chi connectivity index (χ1n) is 6.97. The van der Waals surface area contributed by atoms with E-state index >= 15 is 0 Å². The quantitative estimate of drug-likeness (QED) is 0.812. The van der Waals surface area contributed by atoms with Gasteiger partial charge in [0.15, 0.2) is 0 Å². The Kier molecular flexibility index (Phi) is 4.80. The molecule has 1 unspecified atom stereocenters. The van der Waals surface area contributed by atoms with E-state index in [0.717, 1.165) is 25.9 Å².